The van der Waals surface area contributed by atoms with Crippen LogP contribution in [0.2, 0.25) is 5.02 Å². The number of anilines is 1. The molecule has 0 saturated heterocycles. The molecule has 2 rings (SSSR count). The van der Waals surface area contributed by atoms with Gasteiger partial charge in [0.2, 0.25) is 5.91 Å². The number of aryl methyl sites for hydroxylation is 1. The summed E-state index contributed by atoms with van der Waals surface area (Å²) in [7, 11) is 1.55. The van der Waals surface area contributed by atoms with Crippen molar-refractivity contribution in [1.29, 1.82) is 0 Å². The molecular weight excluding hydrogens is 294 g/mol. The Balaban J connectivity index is 2.10. The molecule has 0 aliphatic heterocycles. The lowest BCUT2D eigenvalue weighted by atomic mass is 10.2. The third-order valence-electron chi connectivity index (χ3n) is 2.71. The Labute approximate surface area is 126 Å². The molecule has 1 aromatic carbocycles. The van der Waals surface area contributed by atoms with Crippen LogP contribution < -0.4 is 10.1 Å². The highest BCUT2D eigenvalue weighted by atomic mass is 35.5. The molecule has 1 aromatic heterocycles. The molecule has 0 unspecified atom stereocenters. The molecule has 20 heavy (non-hydrogen) atoms. The van der Waals surface area contributed by atoms with Gasteiger partial charge in [-0.15, -0.1) is 11.3 Å². The highest BCUT2D eigenvalue weighted by Gasteiger charge is 2.06. The van der Waals surface area contributed by atoms with Crippen LogP contribution in [0.5, 0.6) is 5.75 Å². The van der Waals surface area contributed by atoms with Crippen molar-refractivity contribution in [2.24, 2.45) is 0 Å². The van der Waals surface area contributed by atoms with Crippen LogP contribution in [0.3, 0.4) is 0 Å². The van der Waals surface area contributed by atoms with Crippen LogP contribution in [-0.2, 0) is 4.79 Å². The van der Waals surface area contributed by atoms with E-state index in [4.69, 9.17) is 16.3 Å². The Morgan fingerprint density at radius 1 is 1.40 bits per heavy atom. The summed E-state index contributed by atoms with van der Waals surface area (Å²) in [5, 5.41) is 5.29. The van der Waals surface area contributed by atoms with Gasteiger partial charge in [-0.05, 0) is 48.2 Å². The van der Waals surface area contributed by atoms with Crippen LogP contribution in [-0.4, -0.2) is 13.0 Å². The Bertz CT molecular complexity index is 649. The number of halogens is 1. The summed E-state index contributed by atoms with van der Waals surface area (Å²) < 4.78 is 5.18. The van der Waals surface area contributed by atoms with E-state index in [1.54, 1.807) is 42.7 Å². The molecule has 0 aliphatic rings. The molecule has 0 bridgehead atoms. The van der Waals surface area contributed by atoms with E-state index in [2.05, 4.69) is 5.32 Å². The fraction of sp³-hybridized carbons (Fsp3) is 0.133. The highest BCUT2D eigenvalue weighted by molar-refractivity contribution is 7.11. The van der Waals surface area contributed by atoms with E-state index in [9.17, 15) is 4.79 Å². The maximum Gasteiger partial charge on any atom is 0.248 e. The van der Waals surface area contributed by atoms with Gasteiger partial charge in [-0.1, -0.05) is 11.6 Å². The quantitative estimate of drug-likeness (QED) is 0.852. The fourth-order valence-corrected chi connectivity index (χ4v) is 2.65. The first-order valence-electron chi connectivity index (χ1n) is 5.97. The molecule has 1 amide bonds. The van der Waals surface area contributed by atoms with Crippen molar-refractivity contribution in [1.82, 2.24) is 0 Å². The zero-order chi connectivity index (χ0) is 14.5. The molecule has 1 heterocycles. The number of thiophene rings is 1. The van der Waals surface area contributed by atoms with Crippen molar-refractivity contribution in [3.63, 3.8) is 0 Å². The van der Waals surface area contributed by atoms with E-state index < -0.39 is 0 Å². The van der Waals surface area contributed by atoms with Gasteiger partial charge in [-0.2, -0.15) is 0 Å². The summed E-state index contributed by atoms with van der Waals surface area (Å²) in [5.74, 6) is 0.349. The summed E-state index contributed by atoms with van der Waals surface area (Å²) in [6, 6.07) is 7.09. The van der Waals surface area contributed by atoms with Crippen molar-refractivity contribution >= 4 is 40.6 Å². The summed E-state index contributed by atoms with van der Waals surface area (Å²) in [6.07, 6.45) is 3.30. The lowest BCUT2D eigenvalue weighted by molar-refractivity contribution is -0.111. The zero-order valence-corrected chi connectivity index (χ0v) is 12.7. The van der Waals surface area contributed by atoms with E-state index >= 15 is 0 Å². The molecule has 3 nitrogen and oxygen atoms in total. The average Bonchev–Trinajstić information content (AvgIpc) is 2.82. The van der Waals surface area contributed by atoms with Gasteiger partial charge >= 0.3 is 0 Å². The normalized spacial score (nSPS) is 10.8. The van der Waals surface area contributed by atoms with Gasteiger partial charge in [0.05, 0.1) is 12.8 Å². The molecule has 0 atom stereocenters. The summed E-state index contributed by atoms with van der Waals surface area (Å²) in [4.78, 5) is 13.0. The molecule has 0 saturated carbocycles. The molecule has 0 fully saturated rings. The van der Waals surface area contributed by atoms with E-state index in [1.807, 2.05) is 18.4 Å². The van der Waals surface area contributed by atoms with Crippen molar-refractivity contribution < 1.29 is 9.53 Å². The number of rotatable bonds is 4. The minimum Gasteiger partial charge on any atom is -0.495 e. The number of hydrogen-bond donors (Lipinski definition) is 1. The van der Waals surface area contributed by atoms with Gasteiger partial charge in [-0.25, -0.2) is 0 Å². The smallest absolute Gasteiger partial charge is 0.248 e. The minimum absolute atomic E-state index is 0.224. The van der Waals surface area contributed by atoms with Crippen molar-refractivity contribution in [2.75, 3.05) is 12.4 Å². The number of hydrogen-bond acceptors (Lipinski definition) is 3. The molecular formula is C15H14ClNO2S. The highest BCUT2D eigenvalue weighted by Crippen LogP contribution is 2.27. The Morgan fingerprint density at radius 2 is 2.20 bits per heavy atom. The number of carbonyl (C=O) groups is 1. The number of benzene rings is 1. The molecule has 5 heteroatoms. The summed E-state index contributed by atoms with van der Waals surface area (Å²) >= 11 is 7.51. The van der Waals surface area contributed by atoms with Gasteiger partial charge in [-0.3, -0.25) is 4.79 Å². The zero-order valence-electron chi connectivity index (χ0n) is 11.1. The second-order valence-corrected chi connectivity index (χ2v) is 5.52. The van der Waals surface area contributed by atoms with Gasteiger partial charge in [0.25, 0.3) is 0 Å². The third kappa shape index (κ3) is 3.62. The van der Waals surface area contributed by atoms with Crippen LogP contribution in [0, 0.1) is 6.92 Å². The largest absolute Gasteiger partial charge is 0.495 e. The molecule has 2 aromatic rings. The summed E-state index contributed by atoms with van der Waals surface area (Å²) in [5.41, 5.74) is 1.71. The molecule has 0 radical (unpaired) electrons. The van der Waals surface area contributed by atoms with E-state index in [-0.39, 0.29) is 5.91 Å². The van der Waals surface area contributed by atoms with Gasteiger partial charge in [0, 0.05) is 16.0 Å². The van der Waals surface area contributed by atoms with Crippen LogP contribution >= 0.6 is 22.9 Å². The lowest BCUT2D eigenvalue weighted by Crippen LogP contribution is -2.08. The van der Waals surface area contributed by atoms with Crippen LogP contribution in [0.4, 0.5) is 5.69 Å². The van der Waals surface area contributed by atoms with E-state index in [0.717, 1.165) is 10.4 Å². The number of amides is 1. The molecule has 0 aliphatic carbocycles. The van der Waals surface area contributed by atoms with Gasteiger partial charge in [0.1, 0.15) is 5.75 Å². The number of nitrogens with one attached hydrogen (secondary N) is 1. The van der Waals surface area contributed by atoms with Crippen molar-refractivity contribution in [3.05, 3.63) is 51.2 Å². The van der Waals surface area contributed by atoms with Crippen LogP contribution in [0.15, 0.2) is 35.7 Å². The Morgan fingerprint density at radius 3 is 2.85 bits per heavy atom. The van der Waals surface area contributed by atoms with E-state index in [1.165, 1.54) is 6.08 Å². The van der Waals surface area contributed by atoms with Gasteiger partial charge in [0.15, 0.2) is 0 Å². The van der Waals surface area contributed by atoms with Crippen LogP contribution in [0.25, 0.3) is 6.08 Å². The fourth-order valence-electron chi connectivity index (χ4n) is 1.66. The minimum atomic E-state index is -0.224. The second-order valence-electron chi connectivity index (χ2n) is 4.14. The average molecular weight is 308 g/mol. The Hall–Kier alpha value is -1.78. The Kier molecular flexibility index (Phi) is 4.82. The molecule has 0 spiro atoms. The van der Waals surface area contributed by atoms with Crippen LogP contribution in [0.1, 0.15) is 10.4 Å². The van der Waals surface area contributed by atoms with E-state index in [0.29, 0.717) is 16.5 Å². The third-order valence-corrected chi connectivity index (χ3v) is 3.93. The summed E-state index contributed by atoms with van der Waals surface area (Å²) in [6.45, 7) is 2.01. The first kappa shape index (κ1) is 14.6. The molecule has 1 N–H and O–H groups in total. The predicted octanol–water partition coefficient (Wildman–Crippen LogP) is 4.37. The second kappa shape index (κ2) is 6.59. The van der Waals surface area contributed by atoms with Gasteiger partial charge < -0.3 is 10.1 Å². The maximum absolute atomic E-state index is 11.9. The SMILES string of the molecule is COc1ccc(Cl)cc1NC(=O)/C=C/c1sccc1C. The van der Waals surface area contributed by atoms with Crippen molar-refractivity contribution in [2.45, 2.75) is 6.92 Å². The number of carbonyl (C=O) groups excluding carboxylic acids is 1. The lowest BCUT2D eigenvalue weighted by Gasteiger charge is -2.08. The topological polar surface area (TPSA) is 38.3 Å². The monoisotopic (exact) mass is 307 g/mol. The standard InChI is InChI=1S/C15H14ClNO2S/c1-10-7-8-20-14(10)5-6-15(18)17-12-9-11(16)3-4-13(12)19-2/h3-9H,1-2H3,(H,17,18)/b6-5+. The molecule has 104 valence electrons. The first-order valence-corrected chi connectivity index (χ1v) is 7.22. The predicted molar refractivity (Wildman–Crippen MR) is 84.7 cm³/mol. The first-order chi connectivity index (χ1) is 9.60. The number of ether oxygens (including phenoxy) is 1. The maximum atomic E-state index is 11.9. The van der Waals surface area contributed by atoms with Crippen molar-refractivity contribution in [3.8, 4) is 5.75 Å². The number of methoxy groups -OCH3 is 1.